The van der Waals surface area contributed by atoms with Gasteiger partial charge in [-0.2, -0.15) is 0 Å². The van der Waals surface area contributed by atoms with E-state index in [1.54, 1.807) is 18.9 Å². The van der Waals surface area contributed by atoms with E-state index in [9.17, 15) is 4.79 Å². The molecule has 7 nitrogen and oxygen atoms in total. The molecular formula is C11H17ClN4O3. The molecule has 8 heteroatoms. The third kappa shape index (κ3) is 4.53. The first-order valence-electron chi connectivity index (χ1n) is 5.75. The fourth-order valence-corrected chi connectivity index (χ4v) is 1.57. The fourth-order valence-electron chi connectivity index (χ4n) is 1.44. The highest BCUT2D eigenvalue weighted by Gasteiger charge is 2.17. The Morgan fingerprint density at radius 1 is 1.53 bits per heavy atom. The molecule has 0 radical (unpaired) electrons. The number of ether oxygens (including phenoxy) is 2. The summed E-state index contributed by atoms with van der Waals surface area (Å²) in [6.07, 6.45) is 1.29. The van der Waals surface area contributed by atoms with Crippen molar-refractivity contribution in [3.8, 4) is 0 Å². The molecule has 0 spiro atoms. The van der Waals surface area contributed by atoms with Gasteiger partial charge in [0, 0.05) is 13.7 Å². The number of carbonyl (C=O) groups is 1. The van der Waals surface area contributed by atoms with E-state index in [0.29, 0.717) is 25.6 Å². The Hall–Kier alpha value is -1.60. The van der Waals surface area contributed by atoms with E-state index in [-0.39, 0.29) is 23.4 Å². The number of nitrogens with zero attached hydrogens (tertiary/aromatic N) is 3. The van der Waals surface area contributed by atoms with Crippen LogP contribution in [0, 0.1) is 0 Å². The molecule has 1 heterocycles. The molecular weight excluding hydrogens is 272 g/mol. The minimum atomic E-state index is -0.368. The number of carbonyl (C=O) groups excluding carboxylic acids is 1. The average molecular weight is 289 g/mol. The Balaban J connectivity index is 2.89. The molecule has 1 rings (SSSR count). The maximum Gasteiger partial charge on any atom is 0.325 e. The Morgan fingerprint density at radius 3 is 2.89 bits per heavy atom. The van der Waals surface area contributed by atoms with Gasteiger partial charge in [0.25, 0.3) is 0 Å². The smallest absolute Gasteiger partial charge is 0.325 e. The molecule has 1 aromatic rings. The highest BCUT2D eigenvalue weighted by atomic mass is 35.5. The third-order valence-corrected chi connectivity index (χ3v) is 2.61. The lowest BCUT2D eigenvalue weighted by Gasteiger charge is -2.23. The number of esters is 1. The van der Waals surface area contributed by atoms with Gasteiger partial charge in [-0.1, -0.05) is 11.6 Å². The van der Waals surface area contributed by atoms with Gasteiger partial charge in [-0.25, -0.2) is 9.97 Å². The van der Waals surface area contributed by atoms with Crippen LogP contribution in [0.1, 0.15) is 6.92 Å². The number of aromatic nitrogens is 2. The standard InChI is InChI=1S/C11H17ClN4O3/c1-3-19-8(17)6-16(4-5-18-2)11-9(13)10(12)14-7-15-11/h7H,3-6,13H2,1-2H3. The molecule has 1 aromatic heterocycles. The molecule has 0 aliphatic carbocycles. The van der Waals surface area contributed by atoms with Crippen LogP contribution in [0.4, 0.5) is 11.5 Å². The van der Waals surface area contributed by atoms with Crippen molar-refractivity contribution in [2.24, 2.45) is 0 Å². The molecule has 0 saturated heterocycles. The minimum Gasteiger partial charge on any atom is -0.465 e. The highest BCUT2D eigenvalue weighted by Crippen LogP contribution is 2.25. The average Bonchev–Trinajstić information content (AvgIpc) is 2.38. The molecule has 0 saturated carbocycles. The molecule has 0 fully saturated rings. The van der Waals surface area contributed by atoms with E-state index in [0.717, 1.165) is 0 Å². The zero-order valence-corrected chi connectivity index (χ0v) is 11.7. The zero-order chi connectivity index (χ0) is 14.3. The molecule has 0 aromatic carbocycles. The van der Waals surface area contributed by atoms with Gasteiger partial charge in [-0.15, -0.1) is 0 Å². The molecule has 0 aliphatic rings. The van der Waals surface area contributed by atoms with Gasteiger partial charge < -0.3 is 20.1 Å². The van der Waals surface area contributed by atoms with Gasteiger partial charge in [0.2, 0.25) is 0 Å². The Labute approximate surface area is 116 Å². The van der Waals surface area contributed by atoms with E-state index in [4.69, 9.17) is 26.8 Å². The van der Waals surface area contributed by atoms with Crippen molar-refractivity contribution in [3.05, 3.63) is 11.5 Å². The second-order valence-electron chi connectivity index (χ2n) is 3.62. The number of anilines is 2. The number of methoxy groups -OCH3 is 1. The van der Waals surface area contributed by atoms with Crippen molar-refractivity contribution < 1.29 is 14.3 Å². The molecule has 0 aliphatic heterocycles. The van der Waals surface area contributed by atoms with Crippen molar-refractivity contribution in [1.82, 2.24) is 9.97 Å². The van der Waals surface area contributed by atoms with Crippen LogP contribution in [0.25, 0.3) is 0 Å². The van der Waals surface area contributed by atoms with Crippen molar-refractivity contribution in [2.75, 3.05) is 44.0 Å². The first kappa shape index (κ1) is 15.5. The van der Waals surface area contributed by atoms with Gasteiger partial charge in [-0.05, 0) is 6.92 Å². The van der Waals surface area contributed by atoms with Gasteiger partial charge in [0.15, 0.2) is 11.0 Å². The number of rotatable bonds is 7. The van der Waals surface area contributed by atoms with Crippen LogP contribution in [0.5, 0.6) is 0 Å². The minimum absolute atomic E-state index is 0.0226. The van der Waals surface area contributed by atoms with Crippen molar-refractivity contribution in [1.29, 1.82) is 0 Å². The summed E-state index contributed by atoms with van der Waals surface area (Å²) < 4.78 is 9.90. The van der Waals surface area contributed by atoms with Crippen molar-refractivity contribution in [2.45, 2.75) is 6.92 Å². The van der Waals surface area contributed by atoms with Crippen LogP contribution >= 0.6 is 11.6 Å². The number of nitrogen functional groups attached to an aromatic ring is 1. The summed E-state index contributed by atoms with van der Waals surface area (Å²) in [7, 11) is 1.57. The van der Waals surface area contributed by atoms with Gasteiger partial charge in [-0.3, -0.25) is 4.79 Å². The number of nitrogens with two attached hydrogens (primary N) is 1. The van der Waals surface area contributed by atoms with Crippen molar-refractivity contribution >= 4 is 29.1 Å². The van der Waals surface area contributed by atoms with E-state index < -0.39 is 0 Å². The fraction of sp³-hybridized carbons (Fsp3) is 0.545. The molecule has 0 amide bonds. The van der Waals surface area contributed by atoms with Crippen LogP contribution in [0.2, 0.25) is 5.15 Å². The summed E-state index contributed by atoms with van der Waals surface area (Å²) in [6, 6.07) is 0. The van der Waals surface area contributed by atoms with Gasteiger partial charge in [0.1, 0.15) is 18.6 Å². The van der Waals surface area contributed by atoms with E-state index in [1.165, 1.54) is 6.33 Å². The lowest BCUT2D eigenvalue weighted by molar-refractivity contribution is -0.141. The predicted octanol–water partition coefficient (Wildman–Crippen LogP) is 0.728. The van der Waals surface area contributed by atoms with Gasteiger partial charge in [0.05, 0.1) is 13.2 Å². The normalized spacial score (nSPS) is 10.3. The number of halogens is 1. The second-order valence-corrected chi connectivity index (χ2v) is 3.98. The maximum absolute atomic E-state index is 11.6. The summed E-state index contributed by atoms with van der Waals surface area (Å²) in [4.78, 5) is 21.0. The summed E-state index contributed by atoms with van der Waals surface area (Å²) in [5.41, 5.74) is 6.04. The third-order valence-electron chi connectivity index (χ3n) is 2.30. The molecule has 0 unspecified atom stereocenters. The lowest BCUT2D eigenvalue weighted by Crippen LogP contribution is -2.35. The molecule has 0 atom stereocenters. The van der Waals surface area contributed by atoms with Crippen LogP contribution in [-0.4, -0.2) is 49.4 Å². The number of hydrogen-bond donors (Lipinski definition) is 1. The van der Waals surface area contributed by atoms with Gasteiger partial charge >= 0.3 is 5.97 Å². The topological polar surface area (TPSA) is 90.6 Å². The monoisotopic (exact) mass is 288 g/mol. The van der Waals surface area contributed by atoms with E-state index in [1.807, 2.05) is 0 Å². The van der Waals surface area contributed by atoms with Crippen LogP contribution in [-0.2, 0) is 14.3 Å². The Morgan fingerprint density at radius 2 is 2.26 bits per heavy atom. The number of hydrogen-bond acceptors (Lipinski definition) is 7. The predicted molar refractivity (Wildman–Crippen MR) is 72.2 cm³/mol. The van der Waals surface area contributed by atoms with Crippen molar-refractivity contribution in [3.63, 3.8) is 0 Å². The SMILES string of the molecule is CCOC(=O)CN(CCOC)c1ncnc(Cl)c1N. The highest BCUT2D eigenvalue weighted by molar-refractivity contribution is 6.32. The molecule has 2 N–H and O–H groups in total. The molecule has 0 bridgehead atoms. The van der Waals surface area contributed by atoms with Crippen LogP contribution < -0.4 is 10.6 Å². The summed E-state index contributed by atoms with van der Waals surface area (Å²) in [5, 5.41) is 0.149. The quantitative estimate of drug-likeness (QED) is 0.584. The van der Waals surface area contributed by atoms with E-state index >= 15 is 0 Å². The maximum atomic E-state index is 11.6. The van der Waals surface area contributed by atoms with Crippen LogP contribution in [0.15, 0.2) is 6.33 Å². The summed E-state index contributed by atoms with van der Waals surface area (Å²) in [6.45, 7) is 2.94. The molecule has 19 heavy (non-hydrogen) atoms. The second kappa shape index (κ2) is 7.75. The van der Waals surface area contributed by atoms with Crippen LogP contribution in [0.3, 0.4) is 0 Å². The summed E-state index contributed by atoms with van der Waals surface area (Å²) >= 11 is 5.84. The zero-order valence-electron chi connectivity index (χ0n) is 10.9. The Bertz CT molecular complexity index is 430. The largest absolute Gasteiger partial charge is 0.465 e. The lowest BCUT2D eigenvalue weighted by atomic mass is 10.4. The summed E-state index contributed by atoms with van der Waals surface area (Å²) in [5.74, 6) is 0.0258. The Kier molecular flexibility index (Phi) is 6.31. The molecule has 106 valence electrons. The first-order chi connectivity index (χ1) is 9.10. The first-order valence-corrected chi connectivity index (χ1v) is 6.13. The van der Waals surface area contributed by atoms with E-state index in [2.05, 4.69) is 9.97 Å².